The number of alkyl halides is 1. The van der Waals surface area contributed by atoms with Crippen LogP contribution < -0.4 is 5.32 Å². The highest BCUT2D eigenvalue weighted by molar-refractivity contribution is 9.09. The number of carbonyl (C=O) groups is 1. The summed E-state index contributed by atoms with van der Waals surface area (Å²) < 4.78 is 0. The van der Waals surface area contributed by atoms with E-state index in [0.717, 1.165) is 17.4 Å². The van der Waals surface area contributed by atoms with E-state index in [2.05, 4.69) is 26.2 Å². The summed E-state index contributed by atoms with van der Waals surface area (Å²) in [6, 6.07) is 3.55. The van der Waals surface area contributed by atoms with Gasteiger partial charge in [0.1, 0.15) is 0 Å². The van der Waals surface area contributed by atoms with Crippen molar-refractivity contribution in [2.45, 2.75) is 13.3 Å². The van der Waals surface area contributed by atoms with Crippen molar-refractivity contribution in [2.75, 3.05) is 11.9 Å². The number of carbonyl (C=O) groups excluding carboxylic acids is 1. The summed E-state index contributed by atoms with van der Waals surface area (Å²) in [6.45, 7) is 2.53. The smallest absolute Gasteiger partial charge is 0.253 e. The van der Waals surface area contributed by atoms with Crippen LogP contribution in [0.4, 0.5) is 0 Å². The summed E-state index contributed by atoms with van der Waals surface area (Å²) in [7, 11) is 0. The Morgan fingerprint density at radius 3 is 3.07 bits per heavy atom. The minimum Gasteiger partial charge on any atom is -0.352 e. The molecule has 1 heterocycles. The van der Waals surface area contributed by atoms with Gasteiger partial charge < -0.3 is 5.32 Å². The Balaban J connectivity index is 2.56. The number of aromatic nitrogens is 1. The fourth-order valence-electron chi connectivity index (χ4n) is 1.09. The Morgan fingerprint density at radius 2 is 2.43 bits per heavy atom. The molecule has 0 aliphatic heterocycles. The maximum absolute atomic E-state index is 11.6. The summed E-state index contributed by atoms with van der Waals surface area (Å²) in [6.07, 6.45) is 2.62. The lowest BCUT2D eigenvalue weighted by molar-refractivity contribution is 0.0953. The van der Waals surface area contributed by atoms with Gasteiger partial charge in [0, 0.05) is 23.8 Å². The molecule has 3 nitrogen and oxygen atoms in total. The molecule has 0 aliphatic rings. The number of nitrogens with one attached hydrogen (secondary N) is 1. The molecule has 76 valence electrons. The average molecular weight is 257 g/mol. The molecule has 0 spiro atoms. The molecule has 1 rings (SSSR count). The SMILES string of the molecule is Cc1ncccc1C(=O)NCCCBr. The molecule has 0 radical (unpaired) electrons. The number of halogens is 1. The zero-order valence-electron chi connectivity index (χ0n) is 8.09. The van der Waals surface area contributed by atoms with Crippen LogP contribution in [0.2, 0.25) is 0 Å². The minimum atomic E-state index is -0.0449. The van der Waals surface area contributed by atoms with Gasteiger partial charge in [-0.1, -0.05) is 15.9 Å². The van der Waals surface area contributed by atoms with Crippen LogP contribution in [0.1, 0.15) is 22.5 Å². The molecule has 0 bridgehead atoms. The van der Waals surface area contributed by atoms with Crippen LogP contribution in [0.3, 0.4) is 0 Å². The van der Waals surface area contributed by atoms with Gasteiger partial charge in [-0.25, -0.2) is 0 Å². The monoisotopic (exact) mass is 256 g/mol. The summed E-state index contributed by atoms with van der Waals surface area (Å²) in [4.78, 5) is 15.6. The molecule has 1 aromatic heterocycles. The number of rotatable bonds is 4. The van der Waals surface area contributed by atoms with Crippen molar-refractivity contribution >= 4 is 21.8 Å². The first-order chi connectivity index (χ1) is 6.75. The van der Waals surface area contributed by atoms with Gasteiger partial charge >= 0.3 is 0 Å². The van der Waals surface area contributed by atoms with E-state index in [0.29, 0.717) is 12.1 Å². The number of hydrogen-bond donors (Lipinski definition) is 1. The van der Waals surface area contributed by atoms with E-state index in [9.17, 15) is 4.79 Å². The number of hydrogen-bond acceptors (Lipinski definition) is 2. The van der Waals surface area contributed by atoms with Crippen LogP contribution in [0.25, 0.3) is 0 Å². The second-order valence-electron chi connectivity index (χ2n) is 2.93. The van der Waals surface area contributed by atoms with E-state index in [-0.39, 0.29) is 5.91 Å². The third-order valence-corrected chi connectivity index (χ3v) is 2.41. The van der Waals surface area contributed by atoms with E-state index in [1.165, 1.54) is 0 Å². The van der Waals surface area contributed by atoms with Crippen LogP contribution in [0, 0.1) is 6.92 Å². The Bertz CT molecular complexity index is 315. The highest BCUT2D eigenvalue weighted by Crippen LogP contribution is 2.02. The van der Waals surface area contributed by atoms with Crippen LogP contribution in [-0.4, -0.2) is 22.8 Å². The molecule has 14 heavy (non-hydrogen) atoms. The maximum Gasteiger partial charge on any atom is 0.253 e. The van der Waals surface area contributed by atoms with Crippen molar-refractivity contribution in [1.82, 2.24) is 10.3 Å². The molecule has 1 N–H and O–H groups in total. The first-order valence-electron chi connectivity index (χ1n) is 4.51. The summed E-state index contributed by atoms with van der Waals surface area (Å²) in [5.41, 5.74) is 1.42. The Labute approximate surface area is 92.1 Å². The van der Waals surface area contributed by atoms with Crippen molar-refractivity contribution in [3.63, 3.8) is 0 Å². The minimum absolute atomic E-state index is 0.0449. The second-order valence-corrected chi connectivity index (χ2v) is 3.73. The Hall–Kier alpha value is -0.900. The third-order valence-electron chi connectivity index (χ3n) is 1.85. The average Bonchev–Trinajstić information content (AvgIpc) is 2.18. The van der Waals surface area contributed by atoms with Gasteiger partial charge in [0.25, 0.3) is 5.91 Å². The van der Waals surface area contributed by atoms with Crippen molar-refractivity contribution in [3.8, 4) is 0 Å². The fraction of sp³-hybridized carbons (Fsp3) is 0.400. The maximum atomic E-state index is 11.6. The lowest BCUT2D eigenvalue weighted by atomic mass is 10.2. The zero-order chi connectivity index (χ0) is 10.4. The molecule has 0 saturated heterocycles. The molecule has 1 aromatic rings. The van der Waals surface area contributed by atoms with Gasteiger partial charge in [-0.15, -0.1) is 0 Å². The summed E-state index contributed by atoms with van der Waals surface area (Å²) in [5.74, 6) is -0.0449. The molecule has 0 atom stereocenters. The third kappa shape index (κ3) is 3.10. The predicted octanol–water partition coefficient (Wildman–Crippen LogP) is 1.90. The van der Waals surface area contributed by atoms with Crippen LogP contribution in [0.15, 0.2) is 18.3 Å². The normalized spacial score (nSPS) is 9.86. The van der Waals surface area contributed by atoms with Gasteiger partial charge in [-0.2, -0.15) is 0 Å². The van der Waals surface area contributed by atoms with E-state index in [1.54, 1.807) is 18.3 Å². The summed E-state index contributed by atoms with van der Waals surface area (Å²) in [5, 5.41) is 3.73. The highest BCUT2D eigenvalue weighted by atomic mass is 79.9. The fourth-order valence-corrected chi connectivity index (χ4v) is 1.37. The molecule has 0 unspecified atom stereocenters. The molecular formula is C10H13BrN2O. The number of amides is 1. The predicted molar refractivity (Wildman–Crippen MR) is 59.7 cm³/mol. The largest absolute Gasteiger partial charge is 0.352 e. The Kier molecular flexibility index (Phi) is 4.59. The molecule has 0 saturated carbocycles. The standard InChI is InChI=1S/C10H13BrN2O/c1-8-9(4-2-6-12-8)10(14)13-7-3-5-11/h2,4,6H,3,5,7H2,1H3,(H,13,14). The molecule has 0 aromatic carbocycles. The van der Waals surface area contributed by atoms with Gasteiger partial charge in [-0.3, -0.25) is 9.78 Å². The van der Waals surface area contributed by atoms with Crippen molar-refractivity contribution in [3.05, 3.63) is 29.6 Å². The topological polar surface area (TPSA) is 42.0 Å². The zero-order valence-corrected chi connectivity index (χ0v) is 9.67. The number of nitrogens with zero attached hydrogens (tertiary/aromatic N) is 1. The molecule has 0 fully saturated rings. The van der Waals surface area contributed by atoms with Crippen LogP contribution in [0.5, 0.6) is 0 Å². The molecule has 1 amide bonds. The van der Waals surface area contributed by atoms with Gasteiger partial charge in [0.05, 0.1) is 5.56 Å². The van der Waals surface area contributed by atoms with E-state index < -0.39 is 0 Å². The first kappa shape index (κ1) is 11.2. The van der Waals surface area contributed by atoms with E-state index in [1.807, 2.05) is 6.92 Å². The molecule has 4 heteroatoms. The van der Waals surface area contributed by atoms with Crippen LogP contribution >= 0.6 is 15.9 Å². The van der Waals surface area contributed by atoms with Crippen molar-refractivity contribution < 1.29 is 4.79 Å². The second kappa shape index (κ2) is 5.75. The lowest BCUT2D eigenvalue weighted by Gasteiger charge is -2.05. The molecular weight excluding hydrogens is 244 g/mol. The van der Waals surface area contributed by atoms with E-state index in [4.69, 9.17) is 0 Å². The highest BCUT2D eigenvalue weighted by Gasteiger charge is 2.07. The van der Waals surface area contributed by atoms with E-state index >= 15 is 0 Å². The van der Waals surface area contributed by atoms with Gasteiger partial charge in [0.15, 0.2) is 0 Å². The number of pyridine rings is 1. The molecule has 0 aliphatic carbocycles. The van der Waals surface area contributed by atoms with Crippen molar-refractivity contribution in [1.29, 1.82) is 0 Å². The lowest BCUT2D eigenvalue weighted by Crippen LogP contribution is -2.25. The summed E-state index contributed by atoms with van der Waals surface area (Å²) >= 11 is 3.31. The first-order valence-corrected chi connectivity index (χ1v) is 5.63. The quantitative estimate of drug-likeness (QED) is 0.661. The van der Waals surface area contributed by atoms with Gasteiger partial charge in [-0.05, 0) is 25.5 Å². The van der Waals surface area contributed by atoms with Crippen LogP contribution in [-0.2, 0) is 0 Å². The Morgan fingerprint density at radius 1 is 1.64 bits per heavy atom. The van der Waals surface area contributed by atoms with Gasteiger partial charge in [0.2, 0.25) is 0 Å². The van der Waals surface area contributed by atoms with Crippen molar-refractivity contribution in [2.24, 2.45) is 0 Å². The number of aryl methyl sites for hydroxylation is 1.